The first-order chi connectivity index (χ1) is 12.1. The van der Waals surface area contributed by atoms with Crippen LogP contribution in [0.15, 0.2) is 42.6 Å². The lowest BCUT2D eigenvalue weighted by Crippen LogP contribution is -2.22. The van der Waals surface area contributed by atoms with Gasteiger partial charge in [-0.15, -0.1) is 5.10 Å². The van der Waals surface area contributed by atoms with Gasteiger partial charge in [0.15, 0.2) is 5.82 Å². The average molecular weight is 340 g/mol. The molecule has 0 spiro atoms. The molecule has 0 bridgehead atoms. The highest BCUT2D eigenvalue weighted by molar-refractivity contribution is 5.98. The van der Waals surface area contributed by atoms with Crippen LogP contribution >= 0.6 is 0 Å². The number of carbonyl (C=O) groups is 1. The summed E-state index contributed by atoms with van der Waals surface area (Å²) < 4.78 is 3.28. The molecule has 0 aliphatic heterocycles. The van der Waals surface area contributed by atoms with Crippen molar-refractivity contribution in [3.8, 4) is 5.69 Å². The second kappa shape index (κ2) is 7.18. The zero-order chi connectivity index (χ0) is 17.8. The maximum atomic E-state index is 12.2. The summed E-state index contributed by atoms with van der Waals surface area (Å²) in [6.45, 7) is 4.20. The Morgan fingerprint density at radius 2 is 1.92 bits per heavy atom. The molecule has 2 heterocycles. The normalized spacial score (nSPS) is 10.7. The molecule has 0 fully saturated rings. The number of hydrogen-bond acceptors (Lipinski definition) is 4. The summed E-state index contributed by atoms with van der Waals surface area (Å²) in [4.78, 5) is 12.2. The second-order valence-electron chi connectivity index (χ2n) is 5.66. The topological polar surface area (TPSA) is 97.0 Å². The molecule has 0 saturated carbocycles. The van der Waals surface area contributed by atoms with E-state index in [9.17, 15) is 4.79 Å². The van der Waals surface area contributed by atoms with Gasteiger partial charge in [-0.1, -0.05) is 17.7 Å². The monoisotopic (exact) mass is 340 g/mol. The van der Waals surface area contributed by atoms with Crippen molar-refractivity contribution < 1.29 is 9.90 Å². The van der Waals surface area contributed by atoms with Crippen LogP contribution in [0, 0.1) is 13.8 Å². The van der Waals surface area contributed by atoms with E-state index < -0.39 is 6.03 Å². The first-order valence-electron chi connectivity index (χ1n) is 7.91. The van der Waals surface area contributed by atoms with E-state index in [1.54, 1.807) is 23.0 Å². The number of nitrogens with one attached hydrogen (secondary N) is 2. The Morgan fingerprint density at radius 3 is 2.64 bits per heavy atom. The summed E-state index contributed by atoms with van der Waals surface area (Å²) in [5.74, 6) is 0.949. The van der Waals surface area contributed by atoms with Gasteiger partial charge in [-0.05, 0) is 26.0 Å². The Morgan fingerprint density at radius 1 is 1.16 bits per heavy atom. The lowest BCUT2D eigenvalue weighted by atomic mass is 10.2. The Balaban J connectivity index is 1.71. The van der Waals surface area contributed by atoms with Crippen molar-refractivity contribution in [1.82, 2.24) is 19.6 Å². The van der Waals surface area contributed by atoms with Crippen molar-refractivity contribution in [2.45, 2.75) is 20.4 Å². The van der Waals surface area contributed by atoms with Crippen molar-refractivity contribution in [3.63, 3.8) is 0 Å². The molecule has 0 aliphatic carbocycles. The zero-order valence-corrected chi connectivity index (χ0v) is 14.1. The third-order valence-electron chi connectivity index (χ3n) is 3.68. The number of hydrogen-bond donors (Lipinski definition) is 3. The third kappa shape index (κ3) is 3.86. The van der Waals surface area contributed by atoms with Crippen LogP contribution in [0.2, 0.25) is 0 Å². The summed E-state index contributed by atoms with van der Waals surface area (Å²) >= 11 is 0. The smallest absolute Gasteiger partial charge is 0.326 e. The number of nitrogens with zero attached hydrogens (tertiary/aromatic N) is 4. The SMILES string of the molecule is Cc1ccc(-n2nc(NC(=O)Nc3ccnn3CCO)cc2C)cc1. The minimum atomic E-state index is -0.423. The molecule has 3 N–H and O–H groups in total. The summed E-state index contributed by atoms with van der Waals surface area (Å²) in [5, 5.41) is 22.8. The Hall–Kier alpha value is -3.13. The Kier molecular flexibility index (Phi) is 4.80. The van der Waals surface area contributed by atoms with Gasteiger partial charge in [-0.25, -0.2) is 14.2 Å². The van der Waals surface area contributed by atoms with Crippen molar-refractivity contribution in [1.29, 1.82) is 0 Å². The Bertz CT molecular complexity index is 866. The highest BCUT2D eigenvalue weighted by Crippen LogP contribution is 2.16. The molecule has 130 valence electrons. The number of aliphatic hydroxyl groups is 1. The first-order valence-corrected chi connectivity index (χ1v) is 7.91. The number of aryl methyl sites for hydroxylation is 2. The van der Waals surface area contributed by atoms with Crippen LogP contribution in [0.1, 0.15) is 11.3 Å². The zero-order valence-electron chi connectivity index (χ0n) is 14.1. The largest absolute Gasteiger partial charge is 0.394 e. The standard InChI is InChI=1S/C17H20N6O2/c1-12-3-5-14(6-4-12)23-13(2)11-15(21-23)19-17(25)20-16-7-8-18-22(16)9-10-24/h3-8,11,24H,9-10H2,1-2H3,(H2,19,20,21,25). The lowest BCUT2D eigenvalue weighted by molar-refractivity contribution is 0.260. The maximum Gasteiger partial charge on any atom is 0.326 e. The Labute approximate surface area is 145 Å². The van der Waals surface area contributed by atoms with Crippen LogP contribution in [-0.4, -0.2) is 37.3 Å². The predicted octanol–water partition coefficient (Wildman–Crippen LogP) is 2.32. The van der Waals surface area contributed by atoms with Gasteiger partial charge in [0.1, 0.15) is 5.82 Å². The van der Waals surface area contributed by atoms with Crippen LogP contribution in [0.4, 0.5) is 16.4 Å². The summed E-state index contributed by atoms with van der Waals surface area (Å²) in [7, 11) is 0. The third-order valence-corrected chi connectivity index (χ3v) is 3.68. The van der Waals surface area contributed by atoms with E-state index in [4.69, 9.17) is 5.11 Å². The summed E-state index contributed by atoms with van der Waals surface area (Å²) in [6, 6.07) is 11.0. The summed E-state index contributed by atoms with van der Waals surface area (Å²) in [6.07, 6.45) is 1.56. The lowest BCUT2D eigenvalue weighted by Gasteiger charge is -2.08. The molecule has 2 aromatic heterocycles. The van der Waals surface area contributed by atoms with Gasteiger partial charge >= 0.3 is 6.03 Å². The maximum absolute atomic E-state index is 12.2. The number of anilines is 2. The number of aromatic nitrogens is 4. The fraction of sp³-hybridized carbons (Fsp3) is 0.235. The van der Waals surface area contributed by atoms with Crippen molar-refractivity contribution in [3.05, 3.63) is 53.9 Å². The molecule has 2 amide bonds. The van der Waals surface area contributed by atoms with Gasteiger partial charge in [-0.3, -0.25) is 10.6 Å². The molecular weight excluding hydrogens is 320 g/mol. The number of benzene rings is 1. The van der Waals surface area contributed by atoms with E-state index in [1.807, 2.05) is 38.1 Å². The molecule has 0 atom stereocenters. The molecule has 8 nitrogen and oxygen atoms in total. The van der Waals surface area contributed by atoms with Crippen LogP contribution in [0.25, 0.3) is 5.69 Å². The van der Waals surface area contributed by atoms with E-state index in [0.717, 1.165) is 11.4 Å². The molecule has 3 aromatic rings. The van der Waals surface area contributed by atoms with Crippen molar-refractivity contribution in [2.75, 3.05) is 17.2 Å². The number of rotatable bonds is 5. The molecule has 0 aliphatic rings. The van der Waals surface area contributed by atoms with E-state index >= 15 is 0 Å². The molecule has 25 heavy (non-hydrogen) atoms. The number of carbonyl (C=O) groups excluding carboxylic acids is 1. The first kappa shape index (κ1) is 16.7. The van der Waals surface area contributed by atoms with Gasteiger partial charge in [0.05, 0.1) is 25.0 Å². The number of amides is 2. The minimum Gasteiger partial charge on any atom is -0.394 e. The highest BCUT2D eigenvalue weighted by Gasteiger charge is 2.11. The van der Waals surface area contributed by atoms with Gasteiger partial charge in [-0.2, -0.15) is 5.10 Å². The van der Waals surface area contributed by atoms with E-state index in [1.165, 1.54) is 10.2 Å². The van der Waals surface area contributed by atoms with Gasteiger partial charge < -0.3 is 5.11 Å². The highest BCUT2D eigenvalue weighted by atomic mass is 16.3. The van der Waals surface area contributed by atoms with Crippen LogP contribution < -0.4 is 10.6 Å². The molecular formula is C17H20N6O2. The molecule has 3 rings (SSSR count). The second-order valence-corrected chi connectivity index (χ2v) is 5.66. The van der Waals surface area contributed by atoms with E-state index in [-0.39, 0.29) is 6.61 Å². The summed E-state index contributed by atoms with van der Waals surface area (Å²) in [5.41, 5.74) is 3.01. The molecule has 0 unspecified atom stereocenters. The number of urea groups is 1. The van der Waals surface area contributed by atoms with Gasteiger partial charge in [0.2, 0.25) is 0 Å². The molecule has 8 heteroatoms. The fourth-order valence-corrected chi connectivity index (χ4v) is 2.46. The molecule has 0 radical (unpaired) electrons. The quantitative estimate of drug-likeness (QED) is 0.664. The predicted molar refractivity (Wildman–Crippen MR) is 95.0 cm³/mol. The van der Waals surface area contributed by atoms with Gasteiger partial charge in [0.25, 0.3) is 0 Å². The number of aliphatic hydroxyl groups excluding tert-OH is 1. The minimum absolute atomic E-state index is 0.0574. The van der Waals surface area contributed by atoms with Crippen molar-refractivity contribution >= 4 is 17.7 Å². The van der Waals surface area contributed by atoms with Crippen molar-refractivity contribution in [2.24, 2.45) is 0 Å². The van der Waals surface area contributed by atoms with E-state index in [0.29, 0.717) is 18.2 Å². The average Bonchev–Trinajstić information content (AvgIpc) is 3.15. The molecule has 0 saturated heterocycles. The van der Waals surface area contributed by atoms with Crippen LogP contribution in [0.5, 0.6) is 0 Å². The van der Waals surface area contributed by atoms with Crippen LogP contribution in [-0.2, 0) is 6.54 Å². The van der Waals surface area contributed by atoms with Gasteiger partial charge in [0, 0.05) is 17.8 Å². The van der Waals surface area contributed by atoms with E-state index in [2.05, 4.69) is 20.8 Å². The van der Waals surface area contributed by atoms with Crippen LogP contribution in [0.3, 0.4) is 0 Å². The fourth-order valence-electron chi connectivity index (χ4n) is 2.46. The molecule has 1 aromatic carbocycles.